The van der Waals surface area contributed by atoms with Gasteiger partial charge in [0.2, 0.25) is 0 Å². The van der Waals surface area contributed by atoms with Crippen molar-refractivity contribution in [3.05, 3.63) is 30.3 Å². The third kappa shape index (κ3) is 1.71. The first kappa shape index (κ1) is 9.06. The first-order valence-corrected chi connectivity index (χ1v) is 4.82. The fourth-order valence-electron chi connectivity index (χ4n) is 1.72. The molecule has 3 heteroatoms. The zero-order chi connectivity index (χ0) is 9.97. The number of anilines is 1. The largest absolute Gasteiger partial charge is 0.481 e. The third-order valence-electron chi connectivity index (χ3n) is 2.72. The van der Waals surface area contributed by atoms with Crippen molar-refractivity contribution in [1.82, 2.24) is 0 Å². The Bertz CT molecular complexity index is 323. The summed E-state index contributed by atoms with van der Waals surface area (Å²) in [6, 6.07) is 9.85. The molecule has 0 bridgehead atoms. The maximum absolute atomic E-state index is 10.7. The summed E-state index contributed by atoms with van der Waals surface area (Å²) in [7, 11) is 0. The van der Waals surface area contributed by atoms with E-state index in [1.54, 1.807) is 0 Å². The SMILES string of the molecule is O=C(O)C1CCC1Nc1ccccc1. The minimum absolute atomic E-state index is 0.106. The van der Waals surface area contributed by atoms with Gasteiger partial charge in [-0.3, -0.25) is 4.79 Å². The molecule has 0 heterocycles. The van der Waals surface area contributed by atoms with Crippen molar-refractivity contribution in [2.45, 2.75) is 18.9 Å². The van der Waals surface area contributed by atoms with Crippen molar-refractivity contribution in [2.75, 3.05) is 5.32 Å². The van der Waals surface area contributed by atoms with Gasteiger partial charge in [0.1, 0.15) is 0 Å². The molecular weight excluding hydrogens is 178 g/mol. The van der Waals surface area contributed by atoms with Crippen LogP contribution in [0, 0.1) is 5.92 Å². The Morgan fingerprint density at radius 2 is 2.00 bits per heavy atom. The van der Waals surface area contributed by atoms with Gasteiger partial charge in [0.05, 0.1) is 5.92 Å². The summed E-state index contributed by atoms with van der Waals surface area (Å²) in [5, 5.41) is 12.1. The molecule has 2 unspecified atom stereocenters. The Morgan fingerprint density at radius 1 is 1.29 bits per heavy atom. The minimum atomic E-state index is -0.690. The average molecular weight is 191 g/mol. The number of rotatable bonds is 3. The van der Waals surface area contributed by atoms with Gasteiger partial charge in [0.15, 0.2) is 0 Å². The summed E-state index contributed by atoms with van der Waals surface area (Å²) in [6.07, 6.45) is 1.74. The molecule has 1 aromatic carbocycles. The molecule has 2 rings (SSSR count). The number of carbonyl (C=O) groups is 1. The summed E-state index contributed by atoms with van der Waals surface area (Å²) in [5.41, 5.74) is 1.00. The standard InChI is InChI=1S/C11H13NO2/c13-11(14)9-6-7-10(9)12-8-4-2-1-3-5-8/h1-5,9-10,12H,6-7H2,(H,13,14). The van der Waals surface area contributed by atoms with E-state index < -0.39 is 5.97 Å². The van der Waals surface area contributed by atoms with Crippen LogP contribution >= 0.6 is 0 Å². The predicted molar refractivity (Wildman–Crippen MR) is 54.2 cm³/mol. The molecule has 2 N–H and O–H groups in total. The molecule has 0 radical (unpaired) electrons. The highest BCUT2D eigenvalue weighted by atomic mass is 16.4. The minimum Gasteiger partial charge on any atom is -0.481 e. The van der Waals surface area contributed by atoms with Crippen LogP contribution < -0.4 is 5.32 Å². The molecule has 1 saturated carbocycles. The lowest BCUT2D eigenvalue weighted by Crippen LogP contribution is -2.42. The van der Waals surface area contributed by atoms with Crippen molar-refractivity contribution in [1.29, 1.82) is 0 Å². The van der Waals surface area contributed by atoms with E-state index in [1.807, 2.05) is 30.3 Å². The smallest absolute Gasteiger partial charge is 0.308 e. The lowest BCUT2D eigenvalue weighted by molar-refractivity contribution is -0.144. The lowest BCUT2D eigenvalue weighted by Gasteiger charge is -2.34. The fraction of sp³-hybridized carbons (Fsp3) is 0.364. The van der Waals surface area contributed by atoms with Crippen molar-refractivity contribution in [3.63, 3.8) is 0 Å². The van der Waals surface area contributed by atoms with Gasteiger partial charge < -0.3 is 10.4 Å². The molecule has 0 aromatic heterocycles. The van der Waals surface area contributed by atoms with Crippen LogP contribution in [0.1, 0.15) is 12.8 Å². The van der Waals surface area contributed by atoms with Crippen molar-refractivity contribution in [3.8, 4) is 0 Å². The van der Waals surface area contributed by atoms with Crippen LogP contribution in [-0.4, -0.2) is 17.1 Å². The molecule has 0 spiro atoms. The molecule has 1 aliphatic rings. The predicted octanol–water partition coefficient (Wildman–Crippen LogP) is 1.96. The highest BCUT2D eigenvalue weighted by molar-refractivity contribution is 5.73. The number of carboxylic acid groups (broad SMARTS) is 1. The molecule has 0 aliphatic heterocycles. The molecule has 3 nitrogen and oxygen atoms in total. The fourth-order valence-corrected chi connectivity index (χ4v) is 1.72. The van der Waals surface area contributed by atoms with Crippen LogP contribution in [0.2, 0.25) is 0 Å². The second kappa shape index (κ2) is 3.70. The highest BCUT2D eigenvalue weighted by Gasteiger charge is 2.36. The quantitative estimate of drug-likeness (QED) is 0.767. The van der Waals surface area contributed by atoms with E-state index in [1.165, 1.54) is 0 Å². The Balaban J connectivity index is 1.96. The molecule has 14 heavy (non-hydrogen) atoms. The number of aliphatic carboxylic acids is 1. The lowest BCUT2D eigenvalue weighted by atomic mass is 9.79. The number of carboxylic acids is 1. The molecule has 0 saturated heterocycles. The summed E-state index contributed by atoms with van der Waals surface area (Å²) >= 11 is 0. The summed E-state index contributed by atoms with van der Waals surface area (Å²) in [4.78, 5) is 10.7. The van der Waals surface area contributed by atoms with E-state index >= 15 is 0 Å². The molecule has 74 valence electrons. The number of hydrogen-bond donors (Lipinski definition) is 2. The normalized spacial score (nSPS) is 25.1. The van der Waals surface area contributed by atoms with E-state index in [0.29, 0.717) is 0 Å². The zero-order valence-electron chi connectivity index (χ0n) is 7.81. The number of benzene rings is 1. The second-order valence-electron chi connectivity index (χ2n) is 3.64. The van der Waals surface area contributed by atoms with Crippen LogP contribution in [0.4, 0.5) is 5.69 Å². The van der Waals surface area contributed by atoms with Gasteiger partial charge in [0.25, 0.3) is 0 Å². The second-order valence-corrected chi connectivity index (χ2v) is 3.64. The maximum Gasteiger partial charge on any atom is 0.308 e. The van der Waals surface area contributed by atoms with E-state index in [9.17, 15) is 4.79 Å². The van der Waals surface area contributed by atoms with Crippen molar-refractivity contribution < 1.29 is 9.90 Å². The van der Waals surface area contributed by atoms with Gasteiger partial charge >= 0.3 is 5.97 Å². The highest BCUT2D eigenvalue weighted by Crippen LogP contribution is 2.30. The molecule has 1 aliphatic carbocycles. The van der Waals surface area contributed by atoms with Crippen LogP contribution in [0.5, 0.6) is 0 Å². The molecule has 1 aromatic rings. The van der Waals surface area contributed by atoms with Crippen molar-refractivity contribution in [2.24, 2.45) is 5.92 Å². The zero-order valence-corrected chi connectivity index (χ0v) is 7.81. The van der Waals surface area contributed by atoms with E-state index in [0.717, 1.165) is 18.5 Å². The Hall–Kier alpha value is -1.51. The van der Waals surface area contributed by atoms with Crippen LogP contribution in [0.3, 0.4) is 0 Å². The molecule has 2 atom stereocenters. The van der Waals surface area contributed by atoms with Gasteiger partial charge in [-0.25, -0.2) is 0 Å². The number of hydrogen-bond acceptors (Lipinski definition) is 2. The van der Waals surface area contributed by atoms with Gasteiger partial charge in [0, 0.05) is 11.7 Å². The Labute approximate surface area is 82.8 Å². The van der Waals surface area contributed by atoms with E-state index in [-0.39, 0.29) is 12.0 Å². The van der Waals surface area contributed by atoms with Gasteiger partial charge in [-0.2, -0.15) is 0 Å². The number of nitrogens with one attached hydrogen (secondary N) is 1. The van der Waals surface area contributed by atoms with Crippen LogP contribution in [-0.2, 0) is 4.79 Å². The average Bonchev–Trinajstić information content (AvgIpc) is 2.13. The third-order valence-corrected chi connectivity index (χ3v) is 2.72. The van der Waals surface area contributed by atoms with E-state index in [4.69, 9.17) is 5.11 Å². The van der Waals surface area contributed by atoms with Crippen LogP contribution in [0.25, 0.3) is 0 Å². The van der Waals surface area contributed by atoms with Gasteiger partial charge in [-0.05, 0) is 25.0 Å². The number of para-hydroxylation sites is 1. The molecule has 1 fully saturated rings. The van der Waals surface area contributed by atoms with Gasteiger partial charge in [-0.15, -0.1) is 0 Å². The maximum atomic E-state index is 10.7. The summed E-state index contributed by atoms with van der Waals surface area (Å²) < 4.78 is 0. The van der Waals surface area contributed by atoms with Crippen molar-refractivity contribution >= 4 is 11.7 Å². The summed E-state index contributed by atoms with van der Waals surface area (Å²) in [5.74, 6) is -0.903. The van der Waals surface area contributed by atoms with E-state index in [2.05, 4.69) is 5.32 Å². The molecular formula is C11H13NO2. The molecule has 0 amide bonds. The van der Waals surface area contributed by atoms with Gasteiger partial charge in [-0.1, -0.05) is 18.2 Å². The topological polar surface area (TPSA) is 49.3 Å². The first-order chi connectivity index (χ1) is 6.77. The Kier molecular flexibility index (Phi) is 2.39. The first-order valence-electron chi connectivity index (χ1n) is 4.82. The van der Waals surface area contributed by atoms with Crippen LogP contribution in [0.15, 0.2) is 30.3 Å². The monoisotopic (exact) mass is 191 g/mol. The summed E-state index contributed by atoms with van der Waals surface area (Å²) in [6.45, 7) is 0. The Morgan fingerprint density at radius 3 is 2.50 bits per heavy atom.